The van der Waals surface area contributed by atoms with Gasteiger partial charge in [0.05, 0.1) is 0 Å². The molecule has 0 saturated carbocycles. The molecule has 0 unspecified atom stereocenters. The molecule has 2 heterocycles. The Kier molecular flexibility index (Phi) is 3.85. The summed E-state index contributed by atoms with van der Waals surface area (Å²) in [4.78, 5) is 16.1. The number of carbonyl (C=O) groups is 1. The highest BCUT2D eigenvalue weighted by atomic mass is 35.5. The maximum Gasteiger partial charge on any atom is 0.257 e. The zero-order valence-corrected chi connectivity index (χ0v) is 11.7. The average molecular weight is 279 g/mol. The lowest BCUT2D eigenvalue weighted by Gasteiger charge is -2.03. The number of amides is 1. The molecule has 2 rings (SSSR count). The van der Waals surface area contributed by atoms with E-state index in [1.54, 1.807) is 13.0 Å². The molecule has 5 nitrogen and oxygen atoms in total. The van der Waals surface area contributed by atoms with Crippen molar-refractivity contribution in [1.29, 1.82) is 0 Å². The van der Waals surface area contributed by atoms with Crippen molar-refractivity contribution in [2.45, 2.75) is 26.7 Å². The van der Waals surface area contributed by atoms with Crippen molar-refractivity contribution in [3.8, 4) is 0 Å². The van der Waals surface area contributed by atoms with Crippen LogP contribution in [-0.2, 0) is 0 Å². The largest absolute Gasteiger partial charge is 0.305 e. The van der Waals surface area contributed by atoms with E-state index in [4.69, 9.17) is 11.6 Å². The van der Waals surface area contributed by atoms with Crippen LogP contribution in [0, 0.1) is 6.92 Å². The van der Waals surface area contributed by atoms with Crippen molar-refractivity contribution < 1.29 is 4.79 Å². The minimum atomic E-state index is -0.255. The fourth-order valence-electron chi connectivity index (χ4n) is 1.64. The summed E-state index contributed by atoms with van der Waals surface area (Å²) in [5.41, 5.74) is 2.13. The normalized spacial score (nSPS) is 10.8. The van der Waals surface area contributed by atoms with Crippen molar-refractivity contribution in [2.75, 3.05) is 5.32 Å². The highest BCUT2D eigenvalue weighted by molar-refractivity contribution is 6.29. The van der Waals surface area contributed by atoms with Gasteiger partial charge in [0.15, 0.2) is 5.82 Å². The number of hydrogen-bond acceptors (Lipinski definition) is 3. The molecular weight excluding hydrogens is 264 g/mol. The number of rotatable bonds is 3. The molecule has 0 spiro atoms. The van der Waals surface area contributed by atoms with Crippen molar-refractivity contribution in [3.05, 3.63) is 40.3 Å². The first-order chi connectivity index (χ1) is 8.95. The molecule has 2 aromatic heterocycles. The summed E-state index contributed by atoms with van der Waals surface area (Å²) in [6.45, 7) is 5.88. The lowest BCUT2D eigenvalue weighted by atomic mass is 10.1. The Morgan fingerprint density at radius 1 is 1.37 bits per heavy atom. The van der Waals surface area contributed by atoms with Crippen LogP contribution in [0.15, 0.2) is 18.2 Å². The zero-order valence-electron chi connectivity index (χ0n) is 11.0. The molecule has 1 amide bonds. The molecule has 0 atom stereocenters. The summed E-state index contributed by atoms with van der Waals surface area (Å²) in [5.74, 6) is 0.573. The Labute approximate surface area is 116 Å². The Morgan fingerprint density at radius 3 is 2.68 bits per heavy atom. The number of nitrogens with one attached hydrogen (secondary N) is 2. The van der Waals surface area contributed by atoms with Crippen LogP contribution in [-0.4, -0.2) is 21.1 Å². The summed E-state index contributed by atoms with van der Waals surface area (Å²) >= 11 is 5.83. The smallest absolute Gasteiger partial charge is 0.257 e. The first-order valence-electron chi connectivity index (χ1n) is 5.96. The van der Waals surface area contributed by atoms with Gasteiger partial charge in [-0.3, -0.25) is 9.89 Å². The second-order valence-corrected chi connectivity index (χ2v) is 5.02. The van der Waals surface area contributed by atoms with Gasteiger partial charge in [-0.15, -0.1) is 0 Å². The van der Waals surface area contributed by atoms with Crippen LogP contribution in [0.5, 0.6) is 0 Å². The summed E-state index contributed by atoms with van der Waals surface area (Å²) in [5, 5.41) is 9.95. The molecule has 0 aromatic carbocycles. The zero-order chi connectivity index (χ0) is 14.0. The fraction of sp³-hybridized carbons (Fsp3) is 0.308. The van der Waals surface area contributed by atoms with Gasteiger partial charge in [0.1, 0.15) is 5.15 Å². The van der Waals surface area contributed by atoms with Gasteiger partial charge in [-0.05, 0) is 25.0 Å². The van der Waals surface area contributed by atoms with Crippen molar-refractivity contribution in [2.24, 2.45) is 0 Å². The number of carbonyl (C=O) groups excluding carboxylic acids is 1. The van der Waals surface area contributed by atoms with Gasteiger partial charge >= 0.3 is 0 Å². The molecule has 2 N–H and O–H groups in total. The molecule has 100 valence electrons. The van der Waals surface area contributed by atoms with Crippen LogP contribution in [0.3, 0.4) is 0 Å². The van der Waals surface area contributed by atoms with Crippen LogP contribution in [0.1, 0.15) is 41.5 Å². The number of H-pyrrole nitrogens is 1. The maximum absolute atomic E-state index is 12.0. The van der Waals surface area contributed by atoms with E-state index in [-0.39, 0.29) is 5.91 Å². The van der Waals surface area contributed by atoms with Gasteiger partial charge < -0.3 is 5.32 Å². The quantitative estimate of drug-likeness (QED) is 0.847. The number of halogens is 1. The molecule has 0 fully saturated rings. The second-order valence-electron chi connectivity index (χ2n) is 4.64. The van der Waals surface area contributed by atoms with Crippen molar-refractivity contribution in [3.63, 3.8) is 0 Å². The van der Waals surface area contributed by atoms with Crippen molar-refractivity contribution in [1.82, 2.24) is 15.2 Å². The highest BCUT2D eigenvalue weighted by Gasteiger charge is 2.11. The minimum Gasteiger partial charge on any atom is -0.305 e. The molecule has 6 heteroatoms. The number of aromatic nitrogens is 3. The molecule has 0 aliphatic heterocycles. The maximum atomic E-state index is 12.0. The van der Waals surface area contributed by atoms with E-state index in [0.29, 0.717) is 28.1 Å². The van der Waals surface area contributed by atoms with Gasteiger partial charge in [0, 0.05) is 23.0 Å². The third-order valence-corrected chi connectivity index (χ3v) is 2.84. The molecule has 0 bridgehead atoms. The predicted octanol–water partition coefficient (Wildman–Crippen LogP) is 3.14. The van der Waals surface area contributed by atoms with Crippen molar-refractivity contribution >= 4 is 23.3 Å². The molecular formula is C13H15ClN4O. The van der Waals surface area contributed by atoms with E-state index in [1.807, 2.05) is 19.9 Å². The lowest BCUT2D eigenvalue weighted by Crippen LogP contribution is -2.12. The summed E-state index contributed by atoms with van der Waals surface area (Å²) in [7, 11) is 0. The summed E-state index contributed by atoms with van der Waals surface area (Å²) < 4.78 is 0. The van der Waals surface area contributed by atoms with Gasteiger partial charge in [0.2, 0.25) is 0 Å². The molecule has 0 radical (unpaired) electrons. The highest BCUT2D eigenvalue weighted by Crippen LogP contribution is 2.16. The molecule has 2 aromatic rings. The fourth-order valence-corrected chi connectivity index (χ4v) is 1.89. The molecule has 0 saturated heterocycles. The SMILES string of the molecule is Cc1cc(C(=O)Nc2cc(C(C)C)[nH]n2)cc(Cl)n1. The standard InChI is InChI=1S/C13H15ClN4O/c1-7(2)10-6-12(18-17-10)16-13(19)9-4-8(3)15-11(14)5-9/h4-7H,1-3H3,(H2,16,17,18,19). The average Bonchev–Trinajstić information content (AvgIpc) is 2.76. The topological polar surface area (TPSA) is 70.7 Å². The van der Waals surface area contributed by atoms with Gasteiger partial charge in [-0.25, -0.2) is 4.98 Å². The Morgan fingerprint density at radius 2 is 2.11 bits per heavy atom. The second kappa shape index (κ2) is 5.40. The monoisotopic (exact) mass is 278 g/mol. The number of hydrogen-bond donors (Lipinski definition) is 2. The predicted molar refractivity (Wildman–Crippen MR) is 74.6 cm³/mol. The van der Waals surface area contributed by atoms with Crippen LogP contribution >= 0.6 is 11.6 Å². The van der Waals surface area contributed by atoms with Crippen LogP contribution in [0.25, 0.3) is 0 Å². The third kappa shape index (κ3) is 3.32. The van der Waals surface area contributed by atoms with Crippen LogP contribution in [0.2, 0.25) is 5.15 Å². The lowest BCUT2D eigenvalue weighted by molar-refractivity contribution is 0.102. The van der Waals surface area contributed by atoms with E-state index < -0.39 is 0 Å². The third-order valence-electron chi connectivity index (χ3n) is 2.65. The van der Waals surface area contributed by atoms with Gasteiger partial charge in [0.25, 0.3) is 5.91 Å². The van der Waals surface area contributed by atoms with E-state index in [9.17, 15) is 4.79 Å². The molecule has 19 heavy (non-hydrogen) atoms. The summed E-state index contributed by atoms with van der Waals surface area (Å²) in [6.07, 6.45) is 0. The molecule has 0 aliphatic rings. The van der Waals surface area contributed by atoms with E-state index >= 15 is 0 Å². The van der Waals surface area contributed by atoms with Crippen LogP contribution in [0.4, 0.5) is 5.82 Å². The number of nitrogens with zero attached hydrogens (tertiary/aromatic N) is 2. The number of aryl methyl sites for hydroxylation is 1. The van der Waals surface area contributed by atoms with Gasteiger partial charge in [-0.2, -0.15) is 5.10 Å². The first-order valence-corrected chi connectivity index (χ1v) is 6.34. The number of aromatic amines is 1. The van der Waals surface area contributed by atoms with Crippen LogP contribution < -0.4 is 5.32 Å². The van der Waals surface area contributed by atoms with E-state index in [1.165, 1.54) is 6.07 Å². The number of anilines is 1. The summed E-state index contributed by atoms with van der Waals surface area (Å²) in [6, 6.07) is 5.02. The Balaban J connectivity index is 2.15. The number of pyridine rings is 1. The minimum absolute atomic E-state index is 0.255. The van der Waals surface area contributed by atoms with Gasteiger partial charge in [-0.1, -0.05) is 25.4 Å². The molecule has 0 aliphatic carbocycles. The Hall–Kier alpha value is -1.88. The Bertz CT molecular complexity index is 586. The van der Waals surface area contributed by atoms with E-state index in [0.717, 1.165) is 5.69 Å². The van der Waals surface area contributed by atoms with E-state index in [2.05, 4.69) is 20.5 Å². The first kappa shape index (κ1) is 13.5.